The van der Waals surface area contributed by atoms with Gasteiger partial charge in [-0.25, -0.2) is 0 Å². The lowest BCUT2D eigenvalue weighted by Crippen LogP contribution is -1.94. The normalized spacial score (nSPS) is 11.7. The van der Waals surface area contributed by atoms with Gasteiger partial charge >= 0.3 is 0 Å². The Morgan fingerprint density at radius 1 is 0.185 bits per heavy atom. The summed E-state index contributed by atoms with van der Waals surface area (Å²) in [4.78, 5) is 0. The zero-order valence-electron chi connectivity index (χ0n) is 29.6. The molecule has 0 saturated heterocycles. The molecule has 0 nitrogen and oxygen atoms in total. The largest absolute Gasteiger partial charge is 0.0616 e. The predicted molar refractivity (Wildman–Crippen MR) is 233 cm³/mol. The molecule has 0 spiro atoms. The van der Waals surface area contributed by atoms with Gasteiger partial charge in [0.15, 0.2) is 0 Å². The van der Waals surface area contributed by atoms with Gasteiger partial charge in [-0.1, -0.05) is 194 Å². The average molecular weight is 683 g/mol. The summed E-state index contributed by atoms with van der Waals surface area (Å²) in [6.45, 7) is 0. The molecule has 250 valence electrons. The Morgan fingerprint density at radius 3 is 0.852 bits per heavy atom. The first-order valence-electron chi connectivity index (χ1n) is 18.8. The first kappa shape index (κ1) is 30.6. The van der Waals surface area contributed by atoms with E-state index in [2.05, 4.69) is 206 Å². The van der Waals surface area contributed by atoms with Crippen LogP contribution in [0.4, 0.5) is 0 Å². The molecular formula is C54H34. The smallest absolute Gasteiger partial charge is 0.00199 e. The van der Waals surface area contributed by atoms with Gasteiger partial charge in [-0.3, -0.25) is 0 Å². The molecule has 0 radical (unpaired) electrons. The van der Waals surface area contributed by atoms with Crippen LogP contribution in [0.25, 0.3) is 109 Å². The molecule has 0 unspecified atom stereocenters. The molecule has 0 fully saturated rings. The van der Waals surface area contributed by atoms with Gasteiger partial charge in [0.1, 0.15) is 0 Å². The summed E-state index contributed by atoms with van der Waals surface area (Å²) in [7, 11) is 0. The van der Waals surface area contributed by atoms with Gasteiger partial charge in [0.05, 0.1) is 0 Å². The van der Waals surface area contributed by atoms with Gasteiger partial charge in [-0.15, -0.1) is 0 Å². The van der Waals surface area contributed by atoms with E-state index in [1.165, 1.54) is 109 Å². The van der Waals surface area contributed by atoms with Gasteiger partial charge in [0, 0.05) is 0 Å². The fourth-order valence-electron chi connectivity index (χ4n) is 8.98. The molecule has 0 N–H and O–H groups in total. The molecular weight excluding hydrogens is 649 g/mol. The Kier molecular flexibility index (Phi) is 6.97. The minimum atomic E-state index is 1.22. The van der Waals surface area contributed by atoms with Crippen molar-refractivity contribution in [3.05, 3.63) is 206 Å². The Hall–Kier alpha value is -7.02. The first-order chi connectivity index (χ1) is 26.8. The van der Waals surface area contributed by atoms with Gasteiger partial charge in [0.25, 0.3) is 0 Å². The first-order valence-corrected chi connectivity index (χ1v) is 18.8. The van der Waals surface area contributed by atoms with Gasteiger partial charge in [-0.05, 0) is 121 Å². The van der Waals surface area contributed by atoms with Crippen LogP contribution < -0.4 is 0 Å². The molecule has 11 aromatic carbocycles. The van der Waals surface area contributed by atoms with E-state index in [-0.39, 0.29) is 0 Å². The van der Waals surface area contributed by atoms with E-state index in [9.17, 15) is 0 Å². The van der Waals surface area contributed by atoms with Gasteiger partial charge < -0.3 is 0 Å². The lowest BCUT2D eigenvalue weighted by Gasteiger charge is -2.21. The van der Waals surface area contributed by atoms with Crippen LogP contribution >= 0.6 is 0 Å². The highest BCUT2D eigenvalue weighted by Gasteiger charge is 2.21. The molecule has 0 saturated carbocycles. The predicted octanol–water partition coefficient (Wildman–Crippen LogP) is 15.3. The van der Waals surface area contributed by atoms with Gasteiger partial charge in [-0.2, -0.15) is 0 Å². The van der Waals surface area contributed by atoms with E-state index < -0.39 is 0 Å². The maximum atomic E-state index is 2.46. The van der Waals surface area contributed by atoms with Crippen molar-refractivity contribution in [1.29, 1.82) is 0 Å². The summed E-state index contributed by atoms with van der Waals surface area (Å²) in [5.41, 5.74) is 9.97. The standard InChI is InChI=1S/C54H34/c1-5-21-41-35(13-1)17-9-25-45(41)39-29-31-49-51(33-39)53(47-27-11-19-37-15-3-7-23-43(37)47)50-32-30-40(46-26-10-18-36-14-2-6-22-42(36)46)34-52(50)54(49)48-28-12-20-38-16-4-8-24-44(38)48/h1-34H. The lowest BCUT2D eigenvalue weighted by atomic mass is 9.81. The Labute approximate surface area is 314 Å². The maximum Gasteiger partial charge on any atom is -0.00199 e. The Morgan fingerprint density at radius 2 is 0.481 bits per heavy atom. The molecule has 0 bridgehead atoms. The molecule has 0 aromatic heterocycles. The van der Waals surface area contributed by atoms with Crippen molar-refractivity contribution >= 4 is 64.6 Å². The van der Waals surface area contributed by atoms with Crippen LogP contribution in [0.3, 0.4) is 0 Å². The second kappa shape index (κ2) is 12.3. The minimum Gasteiger partial charge on any atom is -0.0616 e. The van der Waals surface area contributed by atoms with E-state index in [4.69, 9.17) is 0 Å². The zero-order valence-corrected chi connectivity index (χ0v) is 29.6. The highest BCUT2D eigenvalue weighted by molar-refractivity contribution is 6.26. The van der Waals surface area contributed by atoms with Crippen LogP contribution in [0.15, 0.2) is 206 Å². The highest BCUT2D eigenvalue weighted by atomic mass is 14.2. The molecule has 0 aliphatic rings. The fraction of sp³-hybridized carbons (Fsp3) is 0. The van der Waals surface area contributed by atoms with Crippen molar-refractivity contribution < 1.29 is 0 Å². The fourth-order valence-corrected chi connectivity index (χ4v) is 8.98. The topological polar surface area (TPSA) is 0 Å². The van der Waals surface area contributed by atoms with E-state index >= 15 is 0 Å². The summed E-state index contributed by atoms with van der Waals surface area (Å²) in [6.07, 6.45) is 0. The number of hydrogen-bond donors (Lipinski definition) is 0. The minimum absolute atomic E-state index is 1.22. The Balaban J connectivity index is 1.33. The van der Waals surface area contributed by atoms with Crippen molar-refractivity contribution in [3.63, 3.8) is 0 Å². The lowest BCUT2D eigenvalue weighted by molar-refractivity contribution is 1.65. The summed E-state index contributed by atoms with van der Waals surface area (Å²) in [5.74, 6) is 0. The van der Waals surface area contributed by atoms with E-state index in [0.29, 0.717) is 0 Å². The molecule has 0 atom stereocenters. The highest BCUT2D eigenvalue weighted by Crippen LogP contribution is 2.49. The quantitative estimate of drug-likeness (QED) is 0.162. The summed E-state index contributed by atoms with van der Waals surface area (Å²) < 4.78 is 0. The second-order valence-corrected chi connectivity index (χ2v) is 14.4. The second-order valence-electron chi connectivity index (χ2n) is 14.4. The summed E-state index contributed by atoms with van der Waals surface area (Å²) in [6, 6.07) is 76.3. The zero-order chi connectivity index (χ0) is 35.6. The van der Waals surface area contributed by atoms with Crippen LogP contribution in [0, 0.1) is 0 Å². The number of rotatable bonds is 4. The summed E-state index contributed by atoms with van der Waals surface area (Å²) >= 11 is 0. The summed E-state index contributed by atoms with van der Waals surface area (Å²) in [5, 5.41) is 15.0. The molecule has 54 heavy (non-hydrogen) atoms. The van der Waals surface area contributed by atoms with Crippen molar-refractivity contribution in [2.24, 2.45) is 0 Å². The molecule has 11 aromatic rings. The van der Waals surface area contributed by atoms with E-state index in [0.717, 1.165) is 0 Å². The van der Waals surface area contributed by atoms with E-state index in [1.807, 2.05) is 0 Å². The number of fused-ring (bicyclic) bond motifs is 6. The van der Waals surface area contributed by atoms with Crippen LogP contribution in [0.5, 0.6) is 0 Å². The van der Waals surface area contributed by atoms with Crippen LogP contribution in [0.2, 0.25) is 0 Å². The third kappa shape index (κ3) is 4.78. The van der Waals surface area contributed by atoms with Crippen LogP contribution in [-0.4, -0.2) is 0 Å². The molecule has 11 rings (SSSR count). The van der Waals surface area contributed by atoms with Crippen LogP contribution in [0.1, 0.15) is 0 Å². The SMILES string of the molecule is c1ccc2c(-c3ccc4c(-c5cccc6ccccc56)c5cc(-c6cccc7ccccc67)ccc5c(-c5cccc6ccccc56)c4c3)cccc2c1. The van der Waals surface area contributed by atoms with Crippen molar-refractivity contribution in [3.8, 4) is 44.5 Å². The molecule has 0 aliphatic carbocycles. The maximum absolute atomic E-state index is 2.46. The third-order valence-corrected chi connectivity index (χ3v) is 11.4. The monoisotopic (exact) mass is 682 g/mol. The number of hydrogen-bond acceptors (Lipinski definition) is 0. The molecule has 0 heteroatoms. The van der Waals surface area contributed by atoms with Crippen molar-refractivity contribution in [2.75, 3.05) is 0 Å². The Bertz CT molecular complexity index is 3030. The number of benzene rings is 11. The molecule has 0 amide bonds. The van der Waals surface area contributed by atoms with Crippen molar-refractivity contribution in [2.45, 2.75) is 0 Å². The third-order valence-electron chi connectivity index (χ3n) is 11.4. The van der Waals surface area contributed by atoms with Crippen molar-refractivity contribution in [1.82, 2.24) is 0 Å². The average Bonchev–Trinajstić information content (AvgIpc) is 3.24. The van der Waals surface area contributed by atoms with E-state index in [1.54, 1.807) is 0 Å². The molecule has 0 aliphatic heterocycles. The van der Waals surface area contributed by atoms with Gasteiger partial charge in [0.2, 0.25) is 0 Å². The van der Waals surface area contributed by atoms with Crippen LogP contribution in [-0.2, 0) is 0 Å². The molecule has 0 heterocycles.